The highest BCUT2D eigenvalue weighted by Gasteiger charge is 2.15. The molecule has 3 nitrogen and oxygen atoms in total. The molecular formula is C18H23NO2. The molecule has 0 heterocycles. The summed E-state index contributed by atoms with van der Waals surface area (Å²) >= 11 is 0. The van der Waals surface area contributed by atoms with E-state index in [9.17, 15) is 0 Å². The van der Waals surface area contributed by atoms with Gasteiger partial charge in [0.15, 0.2) is 5.75 Å². The summed E-state index contributed by atoms with van der Waals surface area (Å²) in [5.41, 5.74) is 0.871. The van der Waals surface area contributed by atoms with Gasteiger partial charge in [0, 0.05) is 13.7 Å². The van der Waals surface area contributed by atoms with E-state index in [-0.39, 0.29) is 5.60 Å². The molecule has 1 N–H and O–H groups in total. The van der Waals surface area contributed by atoms with Crippen LogP contribution in [0.5, 0.6) is 11.5 Å². The van der Waals surface area contributed by atoms with Gasteiger partial charge in [0.05, 0.1) is 11.3 Å². The first-order valence-corrected chi connectivity index (χ1v) is 7.22. The van der Waals surface area contributed by atoms with Crippen molar-refractivity contribution in [2.45, 2.75) is 25.9 Å². The van der Waals surface area contributed by atoms with Crippen molar-refractivity contribution in [1.29, 1.82) is 0 Å². The lowest BCUT2D eigenvalue weighted by atomic mass is 10.1. The lowest BCUT2D eigenvalue weighted by Crippen LogP contribution is -2.25. The molecule has 0 atom stereocenters. The maximum absolute atomic E-state index is 5.92. The van der Waals surface area contributed by atoms with E-state index in [1.165, 1.54) is 0 Å². The van der Waals surface area contributed by atoms with Crippen LogP contribution >= 0.6 is 0 Å². The van der Waals surface area contributed by atoms with Crippen LogP contribution < -0.4 is 10.1 Å². The normalized spacial score (nSPS) is 11.2. The molecule has 2 rings (SSSR count). The standard InChI is InChI=1S/C18H23NO2/c1-18(2,20-3)13-14-19-16-11-7-8-12-17(16)21-15-9-5-4-6-10-15/h4-12,19H,13-14H2,1-3H3. The minimum Gasteiger partial charge on any atom is -0.455 e. The minimum atomic E-state index is -0.123. The van der Waals surface area contributed by atoms with Crippen molar-refractivity contribution in [3.63, 3.8) is 0 Å². The average molecular weight is 285 g/mol. The lowest BCUT2D eigenvalue weighted by Gasteiger charge is -2.23. The van der Waals surface area contributed by atoms with Crippen molar-refractivity contribution in [3.05, 3.63) is 54.6 Å². The lowest BCUT2D eigenvalue weighted by molar-refractivity contribution is 0.0185. The molecule has 0 bridgehead atoms. The first-order chi connectivity index (χ1) is 10.1. The van der Waals surface area contributed by atoms with Gasteiger partial charge in [-0.05, 0) is 44.5 Å². The van der Waals surface area contributed by atoms with Crippen LogP contribution in [0, 0.1) is 0 Å². The fraction of sp³-hybridized carbons (Fsp3) is 0.333. The Morgan fingerprint density at radius 1 is 0.952 bits per heavy atom. The summed E-state index contributed by atoms with van der Waals surface area (Å²) in [6, 6.07) is 17.8. The van der Waals surface area contributed by atoms with Gasteiger partial charge < -0.3 is 14.8 Å². The molecule has 21 heavy (non-hydrogen) atoms. The van der Waals surface area contributed by atoms with Crippen LogP contribution in [0.15, 0.2) is 54.6 Å². The maximum atomic E-state index is 5.92. The third-order valence-corrected chi connectivity index (χ3v) is 3.45. The zero-order valence-electron chi connectivity index (χ0n) is 12.9. The Hall–Kier alpha value is -2.00. The largest absolute Gasteiger partial charge is 0.455 e. The molecule has 0 saturated heterocycles. The molecule has 2 aromatic rings. The van der Waals surface area contributed by atoms with Gasteiger partial charge in [0.1, 0.15) is 5.75 Å². The summed E-state index contributed by atoms with van der Waals surface area (Å²) in [7, 11) is 1.74. The van der Waals surface area contributed by atoms with Crippen LogP contribution in [-0.4, -0.2) is 19.3 Å². The maximum Gasteiger partial charge on any atom is 0.150 e. The van der Waals surface area contributed by atoms with E-state index in [0.29, 0.717) is 0 Å². The average Bonchev–Trinajstić information content (AvgIpc) is 2.50. The second-order valence-corrected chi connectivity index (χ2v) is 5.55. The Balaban J connectivity index is 2.00. The van der Waals surface area contributed by atoms with Crippen molar-refractivity contribution in [3.8, 4) is 11.5 Å². The molecule has 0 aliphatic heterocycles. The number of nitrogens with one attached hydrogen (secondary N) is 1. The third kappa shape index (κ3) is 4.80. The molecule has 112 valence electrons. The number of methoxy groups -OCH3 is 1. The first kappa shape index (κ1) is 15.4. The van der Waals surface area contributed by atoms with E-state index in [1.54, 1.807) is 7.11 Å². The van der Waals surface area contributed by atoms with Gasteiger partial charge in [-0.15, -0.1) is 0 Å². The number of hydrogen-bond acceptors (Lipinski definition) is 3. The summed E-state index contributed by atoms with van der Waals surface area (Å²) in [6.07, 6.45) is 0.920. The van der Waals surface area contributed by atoms with Crippen molar-refractivity contribution in [1.82, 2.24) is 0 Å². The van der Waals surface area contributed by atoms with Gasteiger partial charge in [0.2, 0.25) is 0 Å². The van der Waals surface area contributed by atoms with Gasteiger partial charge >= 0.3 is 0 Å². The highest BCUT2D eigenvalue weighted by atomic mass is 16.5. The van der Waals surface area contributed by atoms with Crippen LogP contribution in [0.2, 0.25) is 0 Å². The molecule has 0 aliphatic rings. The summed E-state index contributed by atoms with van der Waals surface area (Å²) < 4.78 is 11.4. The second-order valence-electron chi connectivity index (χ2n) is 5.55. The Morgan fingerprint density at radius 2 is 1.62 bits per heavy atom. The highest BCUT2D eigenvalue weighted by molar-refractivity contribution is 5.57. The van der Waals surface area contributed by atoms with Crippen molar-refractivity contribution in [2.75, 3.05) is 19.0 Å². The number of rotatable bonds is 7. The zero-order valence-corrected chi connectivity index (χ0v) is 12.9. The molecular weight excluding hydrogens is 262 g/mol. The van der Waals surface area contributed by atoms with Crippen LogP contribution in [0.4, 0.5) is 5.69 Å². The van der Waals surface area contributed by atoms with Crippen molar-refractivity contribution >= 4 is 5.69 Å². The Labute approximate surface area is 126 Å². The fourth-order valence-corrected chi connectivity index (χ4v) is 1.92. The SMILES string of the molecule is COC(C)(C)CCNc1ccccc1Oc1ccccc1. The monoisotopic (exact) mass is 285 g/mol. The second kappa shape index (κ2) is 7.14. The number of ether oxygens (including phenoxy) is 2. The third-order valence-electron chi connectivity index (χ3n) is 3.45. The summed E-state index contributed by atoms with van der Waals surface area (Å²) in [4.78, 5) is 0. The highest BCUT2D eigenvalue weighted by Crippen LogP contribution is 2.29. The predicted molar refractivity (Wildman–Crippen MR) is 87.2 cm³/mol. The molecule has 0 aromatic heterocycles. The van der Waals surface area contributed by atoms with E-state index in [1.807, 2.05) is 54.6 Å². The fourth-order valence-electron chi connectivity index (χ4n) is 1.92. The van der Waals surface area contributed by atoms with Gasteiger partial charge in [0.25, 0.3) is 0 Å². The molecule has 2 aromatic carbocycles. The van der Waals surface area contributed by atoms with Gasteiger partial charge in [-0.25, -0.2) is 0 Å². The van der Waals surface area contributed by atoms with Crippen LogP contribution in [-0.2, 0) is 4.74 Å². The summed E-state index contributed by atoms with van der Waals surface area (Å²) in [5.74, 6) is 1.67. The van der Waals surface area contributed by atoms with Gasteiger partial charge in [-0.2, -0.15) is 0 Å². The number of para-hydroxylation sites is 3. The topological polar surface area (TPSA) is 30.5 Å². The van der Waals surface area contributed by atoms with E-state index in [2.05, 4.69) is 19.2 Å². The van der Waals surface area contributed by atoms with Crippen molar-refractivity contribution < 1.29 is 9.47 Å². The molecule has 0 fully saturated rings. The van der Waals surface area contributed by atoms with E-state index in [0.717, 1.165) is 30.2 Å². The number of hydrogen-bond donors (Lipinski definition) is 1. The molecule has 0 amide bonds. The number of anilines is 1. The number of benzene rings is 2. The van der Waals surface area contributed by atoms with Gasteiger partial charge in [-0.1, -0.05) is 30.3 Å². The van der Waals surface area contributed by atoms with Crippen molar-refractivity contribution in [2.24, 2.45) is 0 Å². The summed E-state index contributed by atoms with van der Waals surface area (Å²) in [5, 5.41) is 3.42. The predicted octanol–water partition coefficient (Wildman–Crippen LogP) is 4.71. The smallest absolute Gasteiger partial charge is 0.150 e. The molecule has 0 aliphatic carbocycles. The Kier molecular flexibility index (Phi) is 5.23. The van der Waals surface area contributed by atoms with E-state index >= 15 is 0 Å². The Morgan fingerprint density at radius 3 is 2.33 bits per heavy atom. The Bertz CT molecular complexity index is 552. The first-order valence-electron chi connectivity index (χ1n) is 7.22. The quantitative estimate of drug-likeness (QED) is 0.799. The molecule has 0 radical (unpaired) electrons. The van der Waals surface area contributed by atoms with Crippen LogP contribution in [0.1, 0.15) is 20.3 Å². The zero-order chi connectivity index (χ0) is 15.1. The van der Waals surface area contributed by atoms with Crippen LogP contribution in [0.25, 0.3) is 0 Å². The van der Waals surface area contributed by atoms with E-state index < -0.39 is 0 Å². The minimum absolute atomic E-state index is 0.123. The van der Waals surface area contributed by atoms with Crippen LogP contribution in [0.3, 0.4) is 0 Å². The van der Waals surface area contributed by atoms with E-state index in [4.69, 9.17) is 9.47 Å². The molecule has 0 unspecified atom stereocenters. The van der Waals surface area contributed by atoms with Gasteiger partial charge in [-0.3, -0.25) is 0 Å². The molecule has 0 saturated carbocycles. The summed E-state index contributed by atoms with van der Waals surface area (Å²) in [6.45, 7) is 5.00. The molecule has 3 heteroatoms. The molecule has 0 spiro atoms.